The second-order valence-corrected chi connectivity index (χ2v) is 8.41. The highest BCUT2D eigenvalue weighted by Gasteiger charge is 2.26. The van der Waals surface area contributed by atoms with Gasteiger partial charge in [0.15, 0.2) is 5.82 Å². The monoisotopic (exact) mass is 506 g/mol. The van der Waals surface area contributed by atoms with Gasteiger partial charge in [0.05, 0.1) is 12.6 Å². The lowest BCUT2D eigenvalue weighted by molar-refractivity contribution is -0.126. The zero-order valence-electron chi connectivity index (χ0n) is 21.7. The molecule has 3 aromatic rings. The lowest BCUT2D eigenvalue weighted by atomic mass is 10.1. The molecule has 1 aromatic carbocycles. The van der Waals surface area contributed by atoms with Gasteiger partial charge in [0.2, 0.25) is 5.91 Å². The van der Waals surface area contributed by atoms with E-state index in [9.17, 15) is 14.4 Å². The second kappa shape index (κ2) is 13.1. The van der Waals surface area contributed by atoms with Crippen molar-refractivity contribution in [3.8, 4) is 11.4 Å². The largest absolute Gasteiger partial charge is 0.343 e. The maximum atomic E-state index is 12.6. The molecular formula is C26H34N8O3. The SMILES string of the molecule is C/C(=C\N(C)C(=O)CNC(=O)N1CCC(n2nc(-c3ccccc3)[nH]c2=O)CC1)c1cncnc1.CC. The average Bonchev–Trinajstić information content (AvgIpc) is 3.35. The van der Waals surface area contributed by atoms with Crippen LogP contribution < -0.4 is 11.0 Å². The average molecular weight is 507 g/mol. The molecule has 37 heavy (non-hydrogen) atoms. The number of piperidine rings is 1. The number of carbonyl (C=O) groups excluding carboxylic acids is 2. The molecule has 0 bridgehead atoms. The number of H-pyrrole nitrogens is 1. The summed E-state index contributed by atoms with van der Waals surface area (Å²) in [7, 11) is 1.64. The number of hydrogen-bond donors (Lipinski definition) is 2. The van der Waals surface area contributed by atoms with Gasteiger partial charge in [-0.1, -0.05) is 44.2 Å². The third-order valence-corrected chi connectivity index (χ3v) is 5.97. The molecule has 0 aliphatic carbocycles. The number of benzene rings is 1. The van der Waals surface area contributed by atoms with E-state index in [4.69, 9.17) is 0 Å². The fraction of sp³-hybridized carbons (Fsp3) is 0.385. The standard InChI is InChI=1S/C24H28N8O3.C2H6/c1-17(19-12-25-16-26-13-19)15-30(2)21(33)14-27-23(34)31-10-8-20(9-11-31)32-24(35)28-22(29-32)18-6-4-3-5-7-18;1-2/h3-7,12-13,15-16,20H,8-11,14H2,1-2H3,(H,27,34)(H,28,29,35);1-2H3/b17-15+;. The van der Waals surface area contributed by atoms with Crippen LogP contribution in [-0.2, 0) is 4.79 Å². The van der Waals surface area contributed by atoms with E-state index in [1.54, 1.807) is 30.5 Å². The van der Waals surface area contributed by atoms with Crippen molar-refractivity contribution in [3.05, 3.63) is 71.3 Å². The normalized spacial score (nSPS) is 13.9. The minimum absolute atomic E-state index is 0.0943. The second-order valence-electron chi connectivity index (χ2n) is 8.41. The van der Waals surface area contributed by atoms with Gasteiger partial charge in [-0.05, 0) is 25.3 Å². The van der Waals surface area contributed by atoms with E-state index in [0.29, 0.717) is 31.8 Å². The van der Waals surface area contributed by atoms with Gasteiger partial charge in [-0.2, -0.15) is 0 Å². The summed E-state index contributed by atoms with van der Waals surface area (Å²) >= 11 is 0. The molecule has 3 heterocycles. The number of carbonyl (C=O) groups is 2. The first-order chi connectivity index (χ1) is 17.9. The fourth-order valence-electron chi connectivity index (χ4n) is 3.95. The summed E-state index contributed by atoms with van der Waals surface area (Å²) in [5, 5.41) is 7.15. The van der Waals surface area contributed by atoms with E-state index in [1.807, 2.05) is 51.1 Å². The van der Waals surface area contributed by atoms with Crippen LogP contribution in [0.5, 0.6) is 0 Å². The molecule has 2 aromatic heterocycles. The Kier molecular flexibility index (Phi) is 9.70. The molecule has 0 saturated carbocycles. The zero-order valence-corrected chi connectivity index (χ0v) is 21.7. The third-order valence-electron chi connectivity index (χ3n) is 5.97. The molecule has 11 nitrogen and oxygen atoms in total. The Hall–Kier alpha value is -4.28. The predicted molar refractivity (Wildman–Crippen MR) is 141 cm³/mol. The quantitative estimate of drug-likeness (QED) is 0.529. The van der Waals surface area contributed by atoms with Crippen molar-refractivity contribution in [1.82, 2.24) is 39.8 Å². The van der Waals surface area contributed by atoms with Gasteiger partial charge in [0, 0.05) is 49.9 Å². The molecule has 4 rings (SSSR count). The van der Waals surface area contributed by atoms with Crippen molar-refractivity contribution >= 4 is 17.5 Å². The number of hydrogen-bond acceptors (Lipinski definition) is 6. The Morgan fingerprint density at radius 1 is 1.14 bits per heavy atom. The highest BCUT2D eigenvalue weighted by Crippen LogP contribution is 2.22. The first kappa shape index (κ1) is 27.3. The highest BCUT2D eigenvalue weighted by atomic mass is 16.2. The first-order valence-corrected chi connectivity index (χ1v) is 12.4. The third kappa shape index (κ3) is 7.12. The van der Waals surface area contributed by atoms with Crippen molar-refractivity contribution in [2.24, 2.45) is 0 Å². The number of likely N-dealkylation sites (N-methyl/N-ethyl adjacent to an activating group) is 1. The van der Waals surface area contributed by atoms with Gasteiger partial charge >= 0.3 is 11.7 Å². The van der Waals surface area contributed by atoms with E-state index < -0.39 is 0 Å². The highest BCUT2D eigenvalue weighted by molar-refractivity contribution is 5.85. The molecule has 2 N–H and O–H groups in total. The van der Waals surface area contributed by atoms with Crippen LogP contribution in [0.3, 0.4) is 0 Å². The van der Waals surface area contributed by atoms with Crippen molar-refractivity contribution in [2.75, 3.05) is 26.7 Å². The first-order valence-electron chi connectivity index (χ1n) is 12.4. The molecule has 1 aliphatic rings. The number of urea groups is 1. The van der Waals surface area contributed by atoms with Crippen LogP contribution in [0.25, 0.3) is 17.0 Å². The van der Waals surface area contributed by atoms with Gasteiger partial charge < -0.3 is 15.1 Å². The molecule has 0 atom stereocenters. The number of aromatic amines is 1. The van der Waals surface area contributed by atoms with Crippen molar-refractivity contribution in [2.45, 2.75) is 39.7 Å². The number of rotatable bonds is 6. The van der Waals surface area contributed by atoms with Crippen LogP contribution in [0.15, 0.2) is 60.0 Å². The minimum Gasteiger partial charge on any atom is -0.329 e. The maximum absolute atomic E-state index is 12.6. The Morgan fingerprint density at radius 3 is 2.43 bits per heavy atom. The predicted octanol–water partition coefficient (Wildman–Crippen LogP) is 2.92. The van der Waals surface area contributed by atoms with Gasteiger partial charge in [-0.3, -0.25) is 9.78 Å². The van der Waals surface area contributed by atoms with Crippen LogP contribution in [0, 0.1) is 0 Å². The molecule has 11 heteroatoms. The molecule has 0 unspecified atom stereocenters. The van der Waals surface area contributed by atoms with Gasteiger partial charge in [-0.15, -0.1) is 5.10 Å². The lowest BCUT2D eigenvalue weighted by Gasteiger charge is -2.31. The number of nitrogens with one attached hydrogen (secondary N) is 2. The van der Waals surface area contributed by atoms with Gasteiger partial charge in [-0.25, -0.2) is 24.2 Å². The summed E-state index contributed by atoms with van der Waals surface area (Å²) in [6.07, 6.45) is 7.66. The molecule has 1 saturated heterocycles. The maximum Gasteiger partial charge on any atom is 0.343 e. The summed E-state index contributed by atoms with van der Waals surface area (Å²) in [6, 6.07) is 9.07. The summed E-state index contributed by atoms with van der Waals surface area (Å²) < 4.78 is 1.47. The number of amides is 3. The smallest absolute Gasteiger partial charge is 0.329 e. The van der Waals surface area contributed by atoms with Gasteiger partial charge in [0.25, 0.3) is 0 Å². The lowest BCUT2D eigenvalue weighted by Crippen LogP contribution is -2.47. The zero-order chi connectivity index (χ0) is 26.8. The van der Waals surface area contributed by atoms with E-state index in [-0.39, 0.29) is 30.2 Å². The molecule has 196 valence electrons. The minimum atomic E-state index is -0.304. The molecular weight excluding hydrogens is 472 g/mol. The van der Waals surface area contributed by atoms with E-state index in [1.165, 1.54) is 15.9 Å². The van der Waals surface area contributed by atoms with Crippen molar-refractivity contribution < 1.29 is 9.59 Å². The van der Waals surface area contributed by atoms with Gasteiger partial charge in [0.1, 0.15) is 6.33 Å². The molecule has 1 fully saturated rings. The fourth-order valence-corrected chi connectivity index (χ4v) is 3.95. The van der Waals surface area contributed by atoms with Crippen LogP contribution in [-0.4, -0.2) is 73.2 Å². The van der Waals surface area contributed by atoms with E-state index in [0.717, 1.165) is 16.7 Å². The van der Waals surface area contributed by atoms with E-state index in [2.05, 4.69) is 25.4 Å². The van der Waals surface area contributed by atoms with Crippen molar-refractivity contribution in [1.29, 1.82) is 0 Å². The van der Waals surface area contributed by atoms with Crippen LogP contribution in [0.2, 0.25) is 0 Å². The molecule has 1 aliphatic heterocycles. The molecule has 0 radical (unpaired) electrons. The molecule has 3 amide bonds. The number of allylic oxidation sites excluding steroid dienone is 1. The number of likely N-dealkylation sites (tertiary alicyclic amines) is 1. The Morgan fingerprint density at radius 2 is 1.78 bits per heavy atom. The van der Waals surface area contributed by atoms with Crippen molar-refractivity contribution in [3.63, 3.8) is 0 Å². The number of nitrogens with zero attached hydrogens (tertiary/aromatic N) is 6. The van der Waals surface area contributed by atoms with Crippen LogP contribution in [0.4, 0.5) is 4.79 Å². The van der Waals surface area contributed by atoms with E-state index >= 15 is 0 Å². The summed E-state index contributed by atoms with van der Waals surface area (Å²) in [4.78, 5) is 51.3. The summed E-state index contributed by atoms with van der Waals surface area (Å²) in [6.45, 7) is 6.67. The topological polar surface area (TPSA) is 129 Å². The molecule has 0 spiro atoms. The Bertz CT molecular complexity index is 1250. The van der Waals surface area contributed by atoms with Crippen LogP contribution in [0.1, 0.15) is 45.2 Å². The van der Waals surface area contributed by atoms with Crippen LogP contribution >= 0.6 is 0 Å². The Labute approximate surface area is 216 Å². The summed E-state index contributed by atoms with van der Waals surface area (Å²) in [5.74, 6) is 0.281. The number of aromatic nitrogens is 5. The summed E-state index contributed by atoms with van der Waals surface area (Å²) in [5.41, 5.74) is 2.23. The Balaban J connectivity index is 0.00000186.